The first-order valence-electron chi connectivity index (χ1n) is 11.6. The molecule has 0 fully saturated rings. The zero-order chi connectivity index (χ0) is 26.7. The largest absolute Gasteiger partial charge is 0.489 e. The summed E-state index contributed by atoms with van der Waals surface area (Å²) in [5, 5.41) is 15.5. The summed E-state index contributed by atoms with van der Waals surface area (Å²) in [4.78, 5) is 12.4. The summed E-state index contributed by atoms with van der Waals surface area (Å²) in [7, 11) is -2.04. The van der Waals surface area contributed by atoms with Gasteiger partial charge in [0.05, 0.1) is 23.6 Å². The molecule has 36 heavy (non-hydrogen) atoms. The zero-order valence-electron chi connectivity index (χ0n) is 21.5. The Labute approximate surface area is 213 Å². The number of nitrogens with zero attached hydrogens (tertiary/aromatic N) is 6. The number of methoxy groups -OCH3 is 1. The Morgan fingerprint density at radius 3 is 2.47 bits per heavy atom. The number of aliphatic hydroxyl groups excluding tert-OH is 1. The number of pyridine rings is 1. The van der Waals surface area contributed by atoms with Crippen LogP contribution in [0.2, 0.25) is 0 Å². The number of ether oxygens (including phenoxy) is 2. The van der Waals surface area contributed by atoms with Gasteiger partial charge < -0.3 is 14.6 Å². The summed E-state index contributed by atoms with van der Waals surface area (Å²) in [6.45, 7) is 10.5. The lowest BCUT2D eigenvalue weighted by molar-refractivity contribution is 0.215. The number of aromatic nitrogens is 6. The molecule has 3 aromatic heterocycles. The molecule has 200 valence electrons. The second-order valence-corrected chi connectivity index (χ2v) is 10.3. The van der Waals surface area contributed by atoms with E-state index in [4.69, 9.17) is 9.84 Å². The number of rotatable bonds is 6. The molecule has 13 heteroatoms. The van der Waals surface area contributed by atoms with Crippen LogP contribution in [0.3, 0.4) is 0 Å². The van der Waals surface area contributed by atoms with E-state index in [1.165, 1.54) is 0 Å². The maximum Gasteiger partial charge on any atom is 0.238 e. The molecule has 0 radical (unpaired) electrons. The number of hydrogen-bond acceptors (Lipinski definition) is 10. The van der Waals surface area contributed by atoms with Gasteiger partial charge in [-0.15, -0.1) is 10.2 Å². The fraction of sp³-hybridized carbons (Fsp3) is 0.522. The first-order valence-corrected chi connectivity index (χ1v) is 13.1. The number of anilines is 1. The van der Waals surface area contributed by atoms with E-state index in [1.807, 2.05) is 13.8 Å². The highest BCUT2D eigenvalue weighted by Gasteiger charge is 2.27. The van der Waals surface area contributed by atoms with Gasteiger partial charge in [0.2, 0.25) is 16.0 Å². The van der Waals surface area contributed by atoms with Crippen molar-refractivity contribution in [2.45, 2.75) is 58.9 Å². The summed E-state index contributed by atoms with van der Waals surface area (Å²) in [6, 6.07) is 1.76. The van der Waals surface area contributed by atoms with Gasteiger partial charge in [0, 0.05) is 46.3 Å². The fourth-order valence-electron chi connectivity index (χ4n) is 2.84. The van der Waals surface area contributed by atoms with Crippen LogP contribution in [0.25, 0.3) is 11.4 Å². The molecular formula is C23H37N7O5S. The van der Waals surface area contributed by atoms with E-state index in [-0.39, 0.29) is 19.9 Å². The quantitative estimate of drug-likeness (QED) is 0.492. The molecule has 0 aromatic carbocycles. The molecule has 1 aliphatic rings. The lowest BCUT2D eigenvalue weighted by atomic mass is 10.2. The van der Waals surface area contributed by atoms with Crippen LogP contribution in [0, 0.1) is 6.92 Å². The van der Waals surface area contributed by atoms with E-state index in [2.05, 4.69) is 34.6 Å². The monoisotopic (exact) mass is 523 g/mol. The average Bonchev–Trinajstić information content (AvgIpc) is 3.11. The molecular weight excluding hydrogens is 486 g/mol. The molecule has 0 spiro atoms. The molecule has 0 unspecified atom stereocenters. The van der Waals surface area contributed by atoms with Crippen molar-refractivity contribution in [2.75, 3.05) is 25.0 Å². The van der Waals surface area contributed by atoms with Crippen LogP contribution < -0.4 is 9.46 Å². The van der Waals surface area contributed by atoms with Crippen molar-refractivity contribution < 1.29 is 24.4 Å². The van der Waals surface area contributed by atoms with Crippen molar-refractivity contribution in [2.24, 2.45) is 0 Å². The van der Waals surface area contributed by atoms with Gasteiger partial charge >= 0.3 is 0 Å². The lowest BCUT2D eigenvalue weighted by Gasteiger charge is -2.14. The highest BCUT2D eigenvalue weighted by molar-refractivity contribution is 7.93. The highest BCUT2D eigenvalue weighted by Crippen LogP contribution is 2.31. The minimum atomic E-state index is -3.72. The third-order valence-electron chi connectivity index (χ3n) is 4.71. The van der Waals surface area contributed by atoms with Crippen molar-refractivity contribution in [3.63, 3.8) is 0 Å². The third kappa shape index (κ3) is 8.50. The average molecular weight is 524 g/mol. The molecule has 4 heterocycles. The van der Waals surface area contributed by atoms with Crippen molar-refractivity contribution in [1.29, 1.82) is 0 Å². The molecule has 3 aromatic rings. The van der Waals surface area contributed by atoms with Crippen molar-refractivity contribution in [3.8, 4) is 17.1 Å². The maximum atomic E-state index is 12.8. The van der Waals surface area contributed by atoms with Crippen LogP contribution in [0.4, 0.5) is 5.95 Å². The number of sulfonamides is 1. The molecule has 0 saturated heterocycles. The number of nitrogens with one attached hydrogen (secondary N) is 1. The topological polar surface area (TPSA) is 154 Å². The van der Waals surface area contributed by atoms with Gasteiger partial charge in [-0.1, -0.05) is 0 Å². The van der Waals surface area contributed by atoms with Crippen LogP contribution in [-0.2, 0) is 27.7 Å². The summed E-state index contributed by atoms with van der Waals surface area (Å²) >= 11 is 0. The maximum absolute atomic E-state index is 12.8. The van der Waals surface area contributed by atoms with E-state index in [9.17, 15) is 8.42 Å². The molecule has 0 bridgehead atoms. The highest BCUT2D eigenvalue weighted by atomic mass is 32.2. The molecule has 4 rings (SSSR count). The number of fused-ring (bicyclic) bond motifs is 3. The standard InChI is InChI=1S/C17H19N7O3S.2C3H8O.H2/c1-11-8-19-15(20-9-11)7-12(2)28(25,26)23-17-22-21-16-13-3-4-18-10-14(13)27-6-5-24(16)17;1-3-4-2;1-3(2)4;/h3-4,8-10,12H,5-7H2,1-2H3,(H,22,23);3H2,1-2H3;3-4H,1-2H3;1H/t12-;;;/m0.../s1. The summed E-state index contributed by atoms with van der Waals surface area (Å²) < 4.78 is 40.0. The lowest BCUT2D eigenvalue weighted by Crippen LogP contribution is -2.29. The molecule has 1 atom stereocenters. The summed E-state index contributed by atoms with van der Waals surface area (Å²) in [6.07, 6.45) is 6.58. The van der Waals surface area contributed by atoms with Gasteiger partial charge in [-0.2, -0.15) is 0 Å². The van der Waals surface area contributed by atoms with Crippen molar-refractivity contribution in [1.82, 2.24) is 29.7 Å². The molecule has 2 N–H and O–H groups in total. The predicted molar refractivity (Wildman–Crippen MR) is 138 cm³/mol. The Kier molecular flexibility index (Phi) is 11.1. The Hall–Kier alpha value is -3.16. The Bertz CT molecular complexity index is 1190. The van der Waals surface area contributed by atoms with Crippen LogP contribution in [0.5, 0.6) is 5.75 Å². The number of hydrogen-bond donors (Lipinski definition) is 2. The fourth-order valence-corrected chi connectivity index (χ4v) is 3.81. The Balaban J connectivity index is 0.000000671. The number of aryl methyl sites for hydroxylation is 1. The number of aliphatic hydroxyl groups is 1. The van der Waals surface area contributed by atoms with Gasteiger partial charge in [-0.25, -0.2) is 18.4 Å². The van der Waals surface area contributed by atoms with Crippen LogP contribution >= 0.6 is 0 Å². The Morgan fingerprint density at radius 2 is 1.86 bits per heavy atom. The van der Waals surface area contributed by atoms with E-state index < -0.39 is 15.3 Å². The van der Waals surface area contributed by atoms with E-state index >= 15 is 0 Å². The first-order chi connectivity index (χ1) is 17.1. The normalized spacial score (nSPS) is 13.0. The first kappa shape index (κ1) is 29.1. The molecule has 0 aliphatic carbocycles. The SMILES string of the molecule is CC(C)O.CCOC.Cc1cnc(C[C@H](C)S(=O)(=O)Nc2nnc3n2CCOc2cnccc2-3)nc1.[HH]. The Morgan fingerprint density at radius 1 is 1.22 bits per heavy atom. The minimum absolute atomic E-state index is 0. The van der Waals surface area contributed by atoms with E-state index in [0.29, 0.717) is 36.1 Å². The van der Waals surface area contributed by atoms with Gasteiger partial charge in [0.15, 0.2) is 5.82 Å². The summed E-state index contributed by atoms with van der Waals surface area (Å²) in [5.41, 5.74) is 1.63. The van der Waals surface area contributed by atoms with Crippen LogP contribution in [-0.4, -0.2) is 74.9 Å². The molecule has 1 aliphatic heterocycles. The van der Waals surface area contributed by atoms with Gasteiger partial charge in [0.1, 0.15) is 18.2 Å². The molecule has 0 amide bonds. The second-order valence-electron chi connectivity index (χ2n) is 8.23. The second kappa shape index (κ2) is 13.8. The van der Waals surface area contributed by atoms with E-state index in [1.54, 1.807) is 63.3 Å². The van der Waals surface area contributed by atoms with Gasteiger partial charge in [-0.3, -0.25) is 14.3 Å². The summed E-state index contributed by atoms with van der Waals surface area (Å²) in [5.74, 6) is 1.74. The van der Waals surface area contributed by atoms with Gasteiger partial charge in [0.25, 0.3) is 0 Å². The minimum Gasteiger partial charge on any atom is -0.489 e. The van der Waals surface area contributed by atoms with E-state index in [0.717, 1.165) is 12.2 Å². The predicted octanol–water partition coefficient (Wildman–Crippen LogP) is 2.49. The zero-order valence-corrected chi connectivity index (χ0v) is 22.4. The van der Waals surface area contributed by atoms with Crippen LogP contribution in [0.15, 0.2) is 30.9 Å². The van der Waals surface area contributed by atoms with Gasteiger partial charge in [-0.05, 0) is 46.2 Å². The van der Waals surface area contributed by atoms with Crippen molar-refractivity contribution in [3.05, 3.63) is 42.2 Å². The molecule has 12 nitrogen and oxygen atoms in total. The van der Waals surface area contributed by atoms with Crippen molar-refractivity contribution >= 4 is 16.0 Å². The smallest absolute Gasteiger partial charge is 0.238 e. The molecule has 0 saturated carbocycles. The van der Waals surface area contributed by atoms with Crippen LogP contribution in [0.1, 0.15) is 40.5 Å². The third-order valence-corrected chi connectivity index (χ3v) is 6.40.